The Bertz CT molecular complexity index is 467. The third-order valence-electron chi connectivity index (χ3n) is 5.50. The van der Waals surface area contributed by atoms with E-state index in [1.807, 2.05) is 0 Å². The molecule has 3 fully saturated rings. The number of carbonyl (C=O) groups is 1. The summed E-state index contributed by atoms with van der Waals surface area (Å²) in [6, 6.07) is 0.366. The molecular weight excluding hydrogens is 274 g/mol. The van der Waals surface area contributed by atoms with Crippen molar-refractivity contribution in [3.05, 3.63) is 0 Å². The van der Waals surface area contributed by atoms with Crippen LogP contribution in [-0.4, -0.2) is 42.8 Å². The molecule has 2 atom stereocenters. The quantitative estimate of drug-likeness (QED) is 0.785. The van der Waals surface area contributed by atoms with Crippen molar-refractivity contribution in [1.82, 2.24) is 4.90 Å². The van der Waals surface area contributed by atoms with Crippen LogP contribution in [0.5, 0.6) is 0 Å². The van der Waals surface area contributed by atoms with Crippen LogP contribution >= 0.6 is 0 Å². The maximum absolute atomic E-state index is 12.7. The molecule has 5 heteroatoms. The summed E-state index contributed by atoms with van der Waals surface area (Å²) in [6.07, 6.45) is 10.3. The van der Waals surface area contributed by atoms with Gasteiger partial charge in [0.1, 0.15) is 9.84 Å². The Kier molecular flexibility index (Phi) is 3.82. The van der Waals surface area contributed by atoms with Gasteiger partial charge in [0.15, 0.2) is 0 Å². The molecule has 1 amide bonds. The molecule has 4 nitrogen and oxygen atoms in total. The first-order valence-electron chi connectivity index (χ1n) is 7.98. The van der Waals surface area contributed by atoms with Gasteiger partial charge in [0.05, 0.1) is 5.25 Å². The molecule has 3 aliphatic rings. The fourth-order valence-electron chi connectivity index (χ4n) is 4.40. The first-order chi connectivity index (χ1) is 9.47. The van der Waals surface area contributed by atoms with E-state index in [2.05, 4.69) is 4.90 Å². The van der Waals surface area contributed by atoms with Crippen molar-refractivity contribution in [1.29, 1.82) is 0 Å². The minimum atomic E-state index is -2.96. The first kappa shape index (κ1) is 14.4. The number of rotatable bonds is 2. The van der Waals surface area contributed by atoms with Crippen LogP contribution in [0.4, 0.5) is 0 Å². The lowest BCUT2D eigenvalue weighted by molar-refractivity contribution is -0.140. The highest BCUT2D eigenvalue weighted by molar-refractivity contribution is 7.91. The van der Waals surface area contributed by atoms with E-state index in [0.717, 1.165) is 25.7 Å². The van der Waals surface area contributed by atoms with Gasteiger partial charge in [-0.1, -0.05) is 19.3 Å². The average Bonchev–Trinajstić information content (AvgIpc) is 2.67. The lowest BCUT2D eigenvalue weighted by Crippen LogP contribution is -2.51. The number of hydrogen-bond acceptors (Lipinski definition) is 3. The Morgan fingerprint density at radius 2 is 1.50 bits per heavy atom. The Labute approximate surface area is 121 Å². The van der Waals surface area contributed by atoms with Crippen LogP contribution in [0.2, 0.25) is 0 Å². The Morgan fingerprint density at radius 3 is 2.00 bits per heavy atom. The summed E-state index contributed by atoms with van der Waals surface area (Å²) in [5.74, 6) is 0.533. The third kappa shape index (κ3) is 2.61. The second kappa shape index (κ2) is 5.32. The zero-order valence-corrected chi connectivity index (χ0v) is 13.1. The predicted molar refractivity (Wildman–Crippen MR) is 78.1 cm³/mol. The first-order valence-corrected chi connectivity index (χ1v) is 9.93. The molecule has 0 aromatic rings. The molecule has 2 bridgehead atoms. The molecule has 0 radical (unpaired) electrons. The summed E-state index contributed by atoms with van der Waals surface area (Å²) in [5, 5.41) is -0.226. The monoisotopic (exact) mass is 299 g/mol. The van der Waals surface area contributed by atoms with Crippen LogP contribution in [0.25, 0.3) is 0 Å². The molecule has 2 heterocycles. The van der Waals surface area contributed by atoms with Gasteiger partial charge in [-0.2, -0.15) is 0 Å². The zero-order valence-electron chi connectivity index (χ0n) is 12.3. The smallest absolute Gasteiger partial charge is 0.226 e. The number of hydrogen-bond donors (Lipinski definition) is 0. The Balaban J connectivity index is 1.72. The number of sulfone groups is 1. The third-order valence-corrected chi connectivity index (χ3v) is 7.10. The largest absolute Gasteiger partial charge is 0.336 e. The lowest BCUT2D eigenvalue weighted by Gasteiger charge is -2.40. The summed E-state index contributed by atoms with van der Waals surface area (Å²) >= 11 is 0. The zero-order chi connectivity index (χ0) is 14.3. The lowest BCUT2D eigenvalue weighted by atomic mass is 9.87. The van der Waals surface area contributed by atoms with Crippen LogP contribution in [0, 0.1) is 5.92 Å². The molecule has 0 aromatic heterocycles. The Morgan fingerprint density at radius 1 is 0.950 bits per heavy atom. The fraction of sp³-hybridized carbons (Fsp3) is 0.933. The predicted octanol–water partition coefficient (Wildman–Crippen LogP) is 2.13. The van der Waals surface area contributed by atoms with Gasteiger partial charge in [-0.3, -0.25) is 4.79 Å². The van der Waals surface area contributed by atoms with E-state index >= 15 is 0 Å². The maximum atomic E-state index is 12.7. The molecular formula is C15H25NO3S. The van der Waals surface area contributed by atoms with Gasteiger partial charge in [0.2, 0.25) is 5.91 Å². The number of piperidine rings is 1. The molecule has 114 valence electrons. The topological polar surface area (TPSA) is 54.5 Å². The molecule has 0 aromatic carbocycles. The van der Waals surface area contributed by atoms with Crippen molar-refractivity contribution in [3.63, 3.8) is 0 Å². The minimum Gasteiger partial charge on any atom is -0.336 e. The Hall–Kier alpha value is -0.580. The van der Waals surface area contributed by atoms with E-state index in [1.165, 1.54) is 25.5 Å². The highest BCUT2D eigenvalue weighted by Crippen LogP contribution is 2.40. The van der Waals surface area contributed by atoms with Gasteiger partial charge in [0.25, 0.3) is 0 Å². The van der Waals surface area contributed by atoms with Crippen LogP contribution in [0.15, 0.2) is 0 Å². The molecule has 0 N–H and O–H groups in total. The van der Waals surface area contributed by atoms with Crippen molar-refractivity contribution in [2.24, 2.45) is 5.92 Å². The van der Waals surface area contributed by atoms with Crippen molar-refractivity contribution < 1.29 is 13.2 Å². The average molecular weight is 299 g/mol. The van der Waals surface area contributed by atoms with Crippen LogP contribution in [0.1, 0.15) is 57.8 Å². The van der Waals surface area contributed by atoms with Crippen LogP contribution in [-0.2, 0) is 14.6 Å². The minimum absolute atomic E-state index is 0.183. The fourth-order valence-corrected chi connectivity index (χ4v) is 5.54. The highest BCUT2D eigenvalue weighted by atomic mass is 32.2. The molecule has 0 spiro atoms. The van der Waals surface area contributed by atoms with Crippen molar-refractivity contribution in [3.8, 4) is 0 Å². The van der Waals surface area contributed by atoms with E-state index in [9.17, 15) is 13.2 Å². The van der Waals surface area contributed by atoms with Gasteiger partial charge >= 0.3 is 0 Å². The number of carbonyl (C=O) groups excluding carboxylic acids is 1. The maximum Gasteiger partial charge on any atom is 0.226 e. The molecule has 20 heavy (non-hydrogen) atoms. The van der Waals surface area contributed by atoms with E-state index in [4.69, 9.17) is 0 Å². The number of amides is 1. The van der Waals surface area contributed by atoms with Crippen molar-refractivity contribution in [2.75, 3.05) is 6.26 Å². The molecule has 2 saturated heterocycles. The molecule has 1 aliphatic carbocycles. The van der Waals surface area contributed by atoms with Gasteiger partial charge in [-0.05, 0) is 38.5 Å². The normalized spacial score (nSPS) is 35.2. The summed E-state index contributed by atoms with van der Waals surface area (Å²) in [6.45, 7) is 0. The van der Waals surface area contributed by atoms with Gasteiger partial charge in [-0.25, -0.2) is 8.42 Å². The molecule has 2 aliphatic heterocycles. The van der Waals surface area contributed by atoms with E-state index in [1.54, 1.807) is 0 Å². The molecule has 2 unspecified atom stereocenters. The van der Waals surface area contributed by atoms with Gasteiger partial charge < -0.3 is 4.90 Å². The molecule has 3 rings (SSSR count). The molecule has 1 saturated carbocycles. The van der Waals surface area contributed by atoms with Crippen molar-refractivity contribution >= 4 is 15.7 Å². The summed E-state index contributed by atoms with van der Waals surface area (Å²) < 4.78 is 23.6. The second-order valence-electron chi connectivity index (χ2n) is 6.89. The summed E-state index contributed by atoms with van der Waals surface area (Å²) in [4.78, 5) is 14.8. The van der Waals surface area contributed by atoms with Gasteiger partial charge in [0, 0.05) is 24.3 Å². The second-order valence-corrected chi connectivity index (χ2v) is 9.21. The number of nitrogens with zero attached hydrogens (tertiary/aromatic N) is 1. The van der Waals surface area contributed by atoms with E-state index in [-0.39, 0.29) is 23.3 Å². The summed E-state index contributed by atoms with van der Waals surface area (Å²) in [5.41, 5.74) is 0. The van der Waals surface area contributed by atoms with E-state index in [0.29, 0.717) is 18.7 Å². The van der Waals surface area contributed by atoms with Crippen molar-refractivity contribution in [2.45, 2.75) is 75.1 Å². The standard InChI is InChI=1S/C15H25NO3S/c1-20(18,19)14-9-12-7-8-13(10-14)16(12)15(17)11-5-3-2-4-6-11/h11-14H,2-10H2,1H3. The SMILES string of the molecule is CS(=O)(=O)C1CC2CCC(C1)N2C(=O)C1CCCCC1. The summed E-state index contributed by atoms with van der Waals surface area (Å²) in [7, 11) is -2.96. The van der Waals surface area contributed by atoms with E-state index < -0.39 is 9.84 Å². The highest BCUT2D eigenvalue weighted by Gasteiger charge is 2.47. The number of fused-ring (bicyclic) bond motifs is 2. The van der Waals surface area contributed by atoms with Gasteiger partial charge in [-0.15, -0.1) is 0 Å². The van der Waals surface area contributed by atoms with Crippen LogP contribution in [0.3, 0.4) is 0 Å². The van der Waals surface area contributed by atoms with Crippen LogP contribution < -0.4 is 0 Å².